The lowest BCUT2D eigenvalue weighted by Gasteiger charge is -2.05. The molecular formula is C14H44O3. The van der Waals surface area contributed by atoms with Crippen molar-refractivity contribution in [1.82, 2.24) is 0 Å². The lowest BCUT2D eigenvalue weighted by atomic mass is 10.4. The molecular weight excluding hydrogens is 216 g/mol. The van der Waals surface area contributed by atoms with Gasteiger partial charge in [0.1, 0.15) is 0 Å². The van der Waals surface area contributed by atoms with E-state index in [1.54, 1.807) is 6.92 Å². The maximum Gasteiger partial charge on any atom is 0.0745 e. The minimum Gasteiger partial charge on any atom is -0.391 e. The van der Waals surface area contributed by atoms with Gasteiger partial charge in [-0.3, -0.25) is 0 Å². The molecule has 0 aliphatic rings. The third-order valence-electron chi connectivity index (χ3n) is 0.935. The van der Waals surface area contributed by atoms with Crippen molar-refractivity contribution in [2.24, 2.45) is 0 Å². The summed E-state index contributed by atoms with van der Waals surface area (Å²) in [5.74, 6) is 0. The molecule has 0 aliphatic heterocycles. The highest BCUT2D eigenvalue weighted by Gasteiger charge is 1.93. The van der Waals surface area contributed by atoms with Crippen LogP contribution in [0.15, 0.2) is 0 Å². The van der Waals surface area contributed by atoms with Crippen molar-refractivity contribution < 1.29 is 14.6 Å². The highest BCUT2D eigenvalue weighted by atomic mass is 16.5. The van der Waals surface area contributed by atoms with Gasteiger partial charge in [-0.05, 0) is 13.8 Å². The van der Waals surface area contributed by atoms with Gasteiger partial charge < -0.3 is 14.6 Å². The van der Waals surface area contributed by atoms with Crippen LogP contribution in [0, 0.1) is 0 Å². The molecule has 0 saturated carbocycles. The smallest absolute Gasteiger partial charge is 0.0745 e. The van der Waals surface area contributed by atoms with Crippen LogP contribution in [0.2, 0.25) is 0 Å². The van der Waals surface area contributed by atoms with Crippen molar-refractivity contribution in [3.8, 4) is 0 Å². The summed E-state index contributed by atoms with van der Waals surface area (Å²) in [6.45, 7) is 5.93. The monoisotopic (exact) mass is 260 g/mol. The molecule has 3 nitrogen and oxygen atoms in total. The fraction of sp³-hybridized carbons (Fsp3) is 1.00. The highest BCUT2D eigenvalue weighted by Crippen LogP contribution is 1.82. The summed E-state index contributed by atoms with van der Waals surface area (Å²) in [5, 5.41) is 8.74. The number of hydrogen-bond donors (Lipinski definition) is 1. The maximum absolute atomic E-state index is 8.74. The molecule has 0 heterocycles. The number of aliphatic hydroxyl groups is 1. The largest absolute Gasteiger partial charge is 0.391 e. The average Bonchev–Trinajstić information content (AvgIpc) is 1.87. The number of hydrogen-bond acceptors (Lipinski definition) is 3. The van der Waals surface area contributed by atoms with Crippen molar-refractivity contribution in [3.63, 3.8) is 0 Å². The van der Waals surface area contributed by atoms with Crippen LogP contribution in [-0.4, -0.2) is 37.6 Å². The summed E-state index contributed by atoms with van der Waals surface area (Å²) < 4.78 is 10.0. The van der Waals surface area contributed by atoms with Crippen LogP contribution in [0.4, 0.5) is 0 Å². The van der Waals surface area contributed by atoms with E-state index in [9.17, 15) is 0 Å². The Kier molecular flexibility index (Phi) is 142. The van der Waals surface area contributed by atoms with Gasteiger partial charge in [-0.15, -0.1) is 0 Å². The standard InChI is InChI=1S/C7H16O3.7CH4/c1-3-9-4-5-10-6-7(2)8;;;;;;;/h7-8H,3-6H2,1-2H3;7*1H4. The van der Waals surface area contributed by atoms with Gasteiger partial charge in [0.05, 0.1) is 25.9 Å². The zero-order valence-corrected chi connectivity index (χ0v) is 6.67. The molecule has 17 heavy (non-hydrogen) atoms. The number of aliphatic hydroxyl groups excluding tert-OH is 1. The van der Waals surface area contributed by atoms with E-state index in [-0.39, 0.29) is 58.1 Å². The molecule has 3 heteroatoms. The molecule has 0 saturated heterocycles. The predicted octanol–water partition coefficient (Wildman–Crippen LogP) is 4.87. The first kappa shape index (κ1) is 54.0. The van der Waals surface area contributed by atoms with Gasteiger partial charge in [-0.25, -0.2) is 0 Å². The average molecular weight is 261 g/mol. The number of ether oxygens (including phenoxy) is 2. The Labute approximate surface area is 114 Å². The van der Waals surface area contributed by atoms with Gasteiger partial charge >= 0.3 is 0 Å². The molecule has 0 aromatic carbocycles. The number of rotatable bonds is 6. The minimum atomic E-state index is -0.373. The van der Waals surface area contributed by atoms with E-state index in [4.69, 9.17) is 14.6 Å². The Morgan fingerprint density at radius 2 is 1.18 bits per heavy atom. The lowest BCUT2D eigenvalue weighted by Crippen LogP contribution is -2.13. The molecule has 0 bridgehead atoms. The fourth-order valence-corrected chi connectivity index (χ4v) is 0.516. The van der Waals surface area contributed by atoms with Crippen molar-refractivity contribution >= 4 is 0 Å². The second-order valence-electron chi connectivity index (χ2n) is 2.12. The van der Waals surface area contributed by atoms with E-state index in [2.05, 4.69) is 0 Å². The Morgan fingerprint density at radius 1 is 0.824 bits per heavy atom. The molecule has 0 fully saturated rings. The minimum absolute atomic E-state index is 0. The van der Waals surface area contributed by atoms with E-state index < -0.39 is 0 Å². The van der Waals surface area contributed by atoms with Crippen molar-refractivity contribution in [2.75, 3.05) is 26.4 Å². The Morgan fingerprint density at radius 3 is 1.47 bits per heavy atom. The topological polar surface area (TPSA) is 38.7 Å². The first-order valence-corrected chi connectivity index (χ1v) is 3.61. The van der Waals surface area contributed by atoms with E-state index in [1.807, 2.05) is 6.92 Å². The summed E-state index contributed by atoms with van der Waals surface area (Å²) in [7, 11) is 0. The van der Waals surface area contributed by atoms with Gasteiger partial charge in [-0.1, -0.05) is 52.0 Å². The summed E-state index contributed by atoms with van der Waals surface area (Å²) in [6, 6.07) is 0. The van der Waals surface area contributed by atoms with Crippen molar-refractivity contribution in [3.05, 3.63) is 0 Å². The van der Waals surface area contributed by atoms with E-state index in [1.165, 1.54) is 0 Å². The van der Waals surface area contributed by atoms with E-state index >= 15 is 0 Å². The van der Waals surface area contributed by atoms with Gasteiger partial charge in [0.15, 0.2) is 0 Å². The lowest BCUT2D eigenvalue weighted by molar-refractivity contribution is 0.0120. The SMILES string of the molecule is C.C.C.C.C.C.C.CCOCCOCC(C)O. The normalized spacial score (nSPS) is 7.94. The third-order valence-corrected chi connectivity index (χ3v) is 0.935. The second-order valence-corrected chi connectivity index (χ2v) is 2.12. The van der Waals surface area contributed by atoms with Crippen LogP contribution < -0.4 is 0 Å². The molecule has 1 N–H and O–H groups in total. The molecule has 1 atom stereocenters. The predicted molar refractivity (Wildman–Crippen MR) is 86.1 cm³/mol. The van der Waals surface area contributed by atoms with Crippen LogP contribution in [0.3, 0.4) is 0 Å². The maximum atomic E-state index is 8.74. The van der Waals surface area contributed by atoms with E-state index in [0.29, 0.717) is 19.8 Å². The Bertz CT molecular complexity index is 66.5. The first-order chi connectivity index (χ1) is 4.77. The Hall–Kier alpha value is -0.120. The molecule has 0 aromatic rings. The first-order valence-electron chi connectivity index (χ1n) is 3.61. The van der Waals surface area contributed by atoms with Crippen LogP contribution >= 0.6 is 0 Å². The van der Waals surface area contributed by atoms with Crippen LogP contribution in [0.25, 0.3) is 0 Å². The van der Waals surface area contributed by atoms with Crippen LogP contribution in [0.5, 0.6) is 0 Å². The summed E-state index contributed by atoms with van der Waals surface area (Å²) in [5.41, 5.74) is 0. The molecule has 0 spiro atoms. The molecule has 0 rings (SSSR count). The van der Waals surface area contributed by atoms with Crippen LogP contribution in [-0.2, 0) is 9.47 Å². The quantitative estimate of drug-likeness (QED) is 0.692. The van der Waals surface area contributed by atoms with Gasteiger partial charge in [0.25, 0.3) is 0 Å². The van der Waals surface area contributed by atoms with Crippen LogP contribution in [0.1, 0.15) is 65.8 Å². The Balaban J connectivity index is -0.0000000193. The molecule has 0 amide bonds. The van der Waals surface area contributed by atoms with Gasteiger partial charge in [0.2, 0.25) is 0 Å². The summed E-state index contributed by atoms with van der Waals surface area (Å²) in [6.07, 6.45) is -0.373. The van der Waals surface area contributed by atoms with Gasteiger partial charge in [-0.2, -0.15) is 0 Å². The molecule has 1 unspecified atom stereocenters. The zero-order chi connectivity index (χ0) is 7.82. The van der Waals surface area contributed by atoms with E-state index in [0.717, 1.165) is 6.61 Å². The van der Waals surface area contributed by atoms with Crippen molar-refractivity contribution in [1.29, 1.82) is 0 Å². The summed E-state index contributed by atoms with van der Waals surface area (Å²) >= 11 is 0. The molecule has 0 aliphatic carbocycles. The fourth-order valence-electron chi connectivity index (χ4n) is 0.516. The summed E-state index contributed by atoms with van der Waals surface area (Å²) in [4.78, 5) is 0. The zero-order valence-electron chi connectivity index (χ0n) is 6.67. The van der Waals surface area contributed by atoms with Crippen molar-refractivity contribution in [2.45, 2.75) is 71.9 Å². The molecule has 118 valence electrons. The third kappa shape index (κ3) is 64.6. The van der Waals surface area contributed by atoms with Gasteiger partial charge in [0, 0.05) is 6.61 Å². The molecule has 0 radical (unpaired) electrons. The molecule has 0 aromatic heterocycles. The second kappa shape index (κ2) is 44.6. The highest BCUT2D eigenvalue weighted by molar-refractivity contribution is 4.40.